The molecule has 1 atom stereocenters. The molecule has 6 nitrogen and oxygen atoms in total. The molecule has 1 amide bonds. The summed E-state index contributed by atoms with van der Waals surface area (Å²) >= 11 is 1.44. The van der Waals surface area contributed by atoms with E-state index in [1.165, 1.54) is 11.8 Å². The number of nitrogens with one attached hydrogen (secondary N) is 1. The summed E-state index contributed by atoms with van der Waals surface area (Å²) in [6.07, 6.45) is 1.24. The van der Waals surface area contributed by atoms with Crippen molar-refractivity contribution in [2.45, 2.75) is 43.9 Å². The van der Waals surface area contributed by atoms with Gasteiger partial charge in [0.1, 0.15) is 11.6 Å². The van der Waals surface area contributed by atoms with Crippen LogP contribution < -0.4 is 5.32 Å². The lowest BCUT2D eigenvalue weighted by Gasteiger charge is -2.21. The molecule has 116 valence electrons. The van der Waals surface area contributed by atoms with E-state index in [2.05, 4.69) is 10.3 Å². The van der Waals surface area contributed by atoms with Crippen molar-refractivity contribution in [2.24, 2.45) is 0 Å². The van der Waals surface area contributed by atoms with Crippen molar-refractivity contribution >= 4 is 23.8 Å². The van der Waals surface area contributed by atoms with Gasteiger partial charge in [0.15, 0.2) is 0 Å². The van der Waals surface area contributed by atoms with E-state index >= 15 is 0 Å². The van der Waals surface area contributed by atoms with Crippen LogP contribution in [0.4, 0.5) is 4.79 Å². The maximum absolute atomic E-state index is 11.6. The number of pyridine rings is 1. The van der Waals surface area contributed by atoms with E-state index in [0.29, 0.717) is 5.75 Å². The van der Waals surface area contributed by atoms with Gasteiger partial charge in [-0.25, -0.2) is 14.6 Å². The van der Waals surface area contributed by atoms with Gasteiger partial charge in [-0.1, -0.05) is 6.07 Å². The Balaban J connectivity index is 2.43. The zero-order valence-corrected chi connectivity index (χ0v) is 13.1. The summed E-state index contributed by atoms with van der Waals surface area (Å²) in [4.78, 5) is 26.9. The van der Waals surface area contributed by atoms with E-state index in [1.807, 2.05) is 18.2 Å². The standard InChI is InChI=1S/C14H20N2O4S/c1-14(2,3)20-13(19)16-10(12(17)18)7-9-21-11-6-4-5-8-15-11/h4-6,8,10H,7,9H2,1-3H3,(H,16,19)(H,17,18). The maximum atomic E-state index is 11.6. The fraction of sp³-hybridized carbons (Fsp3) is 0.500. The van der Waals surface area contributed by atoms with E-state index in [1.54, 1.807) is 27.0 Å². The molecule has 1 aromatic heterocycles. The predicted octanol–water partition coefficient (Wildman–Crippen LogP) is 2.54. The van der Waals surface area contributed by atoms with Crippen LogP contribution in [0.2, 0.25) is 0 Å². The number of carboxylic acids is 1. The minimum Gasteiger partial charge on any atom is -0.480 e. The van der Waals surface area contributed by atoms with Crippen molar-refractivity contribution < 1.29 is 19.4 Å². The van der Waals surface area contributed by atoms with Crippen molar-refractivity contribution in [1.29, 1.82) is 0 Å². The number of carbonyl (C=O) groups excluding carboxylic acids is 1. The third-order valence-electron chi connectivity index (χ3n) is 2.28. The Morgan fingerprint density at radius 2 is 2.14 bits per heavy atom. The molecule has 2 N–H and O–H groups in total. The first-order valence-corrected chi connectivity index (χ1v) is 7.52. The van der Waals surface area contributed by atoms with Crippen LogP contribution in [0.5, 0.6) is 0 Å². The number of hydrogen-bond acceptors (Lipinski definition) is 5. The molecule has 1 aromatic rings. The van der Waals surface area contributed by atoms with Crippen molar-refractivity contribution in [3.8, 4) is 0 Å². The number of carboxylic acid groups (broad SMARTS) is 1. The Kier molecular flexibility index (Phi) is 6.48. The number of thioether (sulfide) groups is 1. The molecule has 1 rings (SSSR count). The van der Waals surface area contributed by atoms with E-state index in [-0.39, 0.29) is 6.42 Å². The fourth-order valence-corrected chi connectivity index (χ4v) is 2.29. The Labute approximate surface area is 128 Å². The quantitative estimate of drug-likeness (QED) is 0.785. The number of amides is 1. The Bertz CT molecular complexity index is 474. The van der Waals surface area contributed by atoms with Gasteiger partial charge in [-0.05, 0) is 39.3 Å². The number of aromatic nitrogens is 1. The smallest absolute Gasteiger partial charge is 0.408 e. The topological polar surface area (TPSA) is 88.5 Å². The molecule has 0 radical (unpaired) electrons. The van der Waals surface area contributed by atoms with Crippen LogP contribution in [-0.4, -0.2) is 39.5 Å². The predicted molar refractivity (Wildman–Crippen MR) is 80.4 cm³/mol. The van der Waals surface area contributed by atoms with Gasteiger partial charge in [0, 0.05) is 11.9 Å². The highest BCUT2D eigenvalue weighted by Gasteiger charge is 2.23. The average molecular weight is 312 g/mol. The number of ether oxygens (including phenoxy) is 1. The van der Waals surface area contributed by atoms with Crippen molar-refractivity contribution in [1.82, 2.24) is 10.3 Å². The molecule has 0 bridgehead atoms. The summed E-state index contributed by atoms with van der Waals surface area (Å²) < 4.78 is 5.05. The zero-order chi connectivity index (χ0) is 15.9. The molecule has 7 heteroatoms. The van der Waals surface area contributed by atoms with Gasteiger partial charge in [0.05, 0.1) is 5.03 Å². The van der Waals surface area contributed by atoms with Crippen LogP contribution in [0.25, 0.3) is 0 Å². The Morgan fingerprint density at radius 1 is 1.43 bits per heavy atom. The zero-order valence-electron chi connectivity index (χ0n) is 12.3. The molecule has 0 saturated carbocycles. The van der Waals surface area contributed by atoms with Crippen molar-refractivity contribution in [3.05, 3.63) is 24.4 Å². The average Bonchev–Trinajstić information content (AvgIpc) is 2.36. The van der Waals surface area contributed by atoms with Gasteiger partial charge in [0.25, 0.3) is 0 Å². The van der Waals surface area contributed by atoms with Crippen molar-refractivity contribution in [2.75, 3.05) is 5.75 Å². The summed E-state index contributed by atoms with van der Waals surface area (Å²) in [7, 11) is 0. The molecule has 0 aliphatic rings. The fourth-order valence-electron chi connectivity index (χ4n) is 1.42. The molecule has 0 fully saturated rings. The first-order chi connectivity index (χ1) is 9.78. The Hall–Kier alpha value is -1.76. The van der Waals surface area contributed by atoms with Crippen LogP contribution in [0.3, 0.4) is 0 Å². The second-order valence-electron chi connectivity index (χ2n) is 5.34. The molecule has 1 unspecified atom stereocenters. The van der Waals surface area contributed by atoms with E-state index in [4.69, 9.17) is 9.84 Å². The van der Waals surface area contributed by atoms with Crippen molar-refractivity contribution in [3.63, 3.8) is 0 Å². The molecular weight excluding hydrogens is 292 g/mol. The molecule has 0 aromatic carbocycles. The molecule has 0 spiro atoms. The third kappa shape index (κ3) is 7.55. The summed E-state index contributed by atoms with van der Waals surface area (Å²) in [5.41, 5.74) is -0.657. The van der Waals surface area contributed by atoms with Crippen LogP contribution in [-0.2, 0) is 9.53 Å². The highest BCUT2D eigenvalue weighted by molar-refractivity contribution is 7.99. The molecule has 0 aliphatic heterocycles. The van der Waals surface area contributed by atoms with E-state index in [0.717, 1.165) is 5.03 Å². The van der Waals surface area contributed by atoms with Crippen LogP contribution in [0.1, 0.15) is 27.2 Å². The second-order valence-corrected chi connectivity index (χ2v) is 6.46. The highest BCUT2D eigenvalue weighted by atomic mass is 32.2. The van der Waals surface area contributed by atoms with Crippen LogP contribution >= 0.6 is 11.8 Å². The number of rotatable bonds is 6. The van der Waals surface area contributed by atoms with Gasteiger partial charge in [-0.15, -0.1) is 11.8 Å². The SMILES string of the molecule is CC(C)(C)OC(=O)NC(CCSc1ccccn1)C(=O)O. The first-order valence-electron chi connectivity index (χ1n) is 6.54. The van der Waals surface area contributed by atoms with Gasteiger partial charge < -0.3 is 15.2 Å². The second kappa shape index (κ2) is 7.87. The molecule has 21 heavy (non-hydrogen) atoms. The molecule has 1 heterocycles. The number of hydrogen-bond donors (Lipinski definition) is 2. The molecule has 0 aliphatic carbocycles. The summed E-state index contributed by atoms with van der Waals surface area (Å²) in [5, 5.41) is 12.3. The van der Waals surface area contributed by atoms with E-state index < -0.39 is 23.7 Å². The third-order valence-corrected chi connectivity index (χ3v) is 3.26. The summed E-state index contributed by atoms with van der Waals surface area (Å²) in [5.74, 6) is -0.550. The minimum absolute atomic E-state index is 0.288. The van der Waals surface area contributed by atoms with Gasteiger partial charge in [-0.2, -0.15) is 0 Å². The lowest BCUT2D eigenvalue weighted by Crippen LogP contribution is -2.43. The monoisotopic (exact) mass is 312 g/mol. The summed E-state index contributed by atoms with van der Waals surface area (Å²) in [6, 6.07) is 4.55. The number of alkyl carbamates (subject to hydrolysis) is 1. The lowest BCUT2D eigenvalue weighted by molar-refractivity contribution is -0.139. The van der Waals surface area contributed by atoms with Crippen LogP contribution in [0.15, 0.2) is 29.4 Å². The normalized spacial score (nSPS) is 12.5. The lowest BCUT2D eigenvalue weighted by atomic mass is 10.2. The number of carbonyl (C=O) groups is 2. The highest BCUT2D eigenvalue weighted by Crippen LogP contribution is 2.16. The van der Waals surface area contributed by atoms with E-state index in [9.17, 15) is 9.59 Å². The van der Waals surface area contributed by atoms with Gasteiger partial charge in [-0.3, -0.25) is 0 Å². The van der Waals surface area contributed by atoms with Gasteiger partial charge >= 0.3 is 12.1 Å². The van der Waals surface area contributed by atoms with Crippen LogP contribution in [0, 0.1) is 0 Å². The number of nitrogens with zero attached hydrogens (tertiary/aromatic N) is 1. The number of aliphatic carboxylic acids is 1. The maximum Gasteiger partial charge on any atom is 0.408 e. The largest absolute Gasteiger partial charge is 0.480 e. The first kappa shape index (κ1) is 17.3. The molecular formula is C14H20N2O4S. The van der Waals surface area contributed by atoms with Gasteiger partial charge in [0.2, 0.25) is 0 Å². The minimum atomic E-state index is -1.08. The Morgan fingerprint density at radius 3 is 2.67 bits per heavy atom. The molecule has 0 saturated heterocycles. The summed E-state index contributed by atoms with van der Waals surface area (Å²) in [6.45, 7) is 5.16.